The number of hydrogen-bond acceptors (Lipinski definition) is 5. The average Bonchev–Trinajstić information content (AvgIpc) is 3.20. The summed E-state index contributed by atoms with van der Waals surface area (Å²) in [5.74, 6) is 1.08. The third kappa shape index (κ3) is 3.66. The zero-order valence-corrected chi connectivity index (χ0v) is 18.6. The van der Waals surface area contributed by atoms with Gasteiger partial charge in [0.25, 0.3) is 5.91 Å². The van der Waals surface area contributed by atoms with Crippen LogP contribution in [-0.4, -0.2) is 50.4 Å². The molecule has 1 amide bonds. The number of pyridine rings is 1. The molecule has 162 valence electrons. The van der Waals surface area contributed by atoms with Crippen molar-refractivity contribution in [3.8, 4) is 5.75 Å². The molecule has 2 heterocycles. The fraction of sp³-hybridized carbons (Fsp3) is 0.304. The minimum absolute atomic E-state index is 0.184. The summed E-state index contributed by atoms with van der Waals surface area (Å²) >= 11 is 0. The van der Waals surface area contributed by atoms with Gasteiger partial charge in [0.15, 0.2) is 0 Å². The molecule has 4 rings (SSSR count). The summed E-state index contributed by atoms with van der Waals surface area (Å²) in [6.07, 6.45) is 0.718. The Balaban J connectivity index is 1.66. The molecule has 7 nitrogen and oxygen atoms in total. The van der Waals surface area contributed by atoms with Crippen molar-refractivity contribution in [1.29, 1.82) is 0 Å². The molecule has 8 heteroatoms. The molecule has 0 N–H and O–H groups in total. The van der Waals surface area contributed by atoms with Crippen molar-refractivity contribution in [3.63, 3.8) is 0 Å². The van der Waals surface area contributed by atoms with Crippen molar-refractivity contribution in [3.05, 3.63) is 59.7 Å². The maximum Gasteiger partial charge on any atom is 0.259 e. The van der Waals surface area contributed by atoms with Crippen LogP contribution in [-0.2, 0) is 16.4 Å². The van der Waals surface area contributed by atoms with Gasteiger partial charge >= 0.3 is 0 Å². The number of benzene rings is 2. The monoisotopic (exact) mass is 439 g/mol. The Labute approximate surface area is 182 Å². The zero-order valence-electron chi connectivity index (χ0n) is 17.8. The number of para-hydroxylation sites is 1. The topological polar surface area (TPSA) is 79.8 Å². The van der Waals surface area contributed by atoms with Crippen LogP contribution in [0.15, 0.2) is 53.4 Å². The molecule has 0 spiro atoms. The van der Waals surface area contributed by atoms with Crippen molar-refractivity contribution in [2.24, 2.45) is 0 Å². The van der Waals surface area contributed by atoms with Crippen LogP contribution in [0.5, 0.6) is 5.75 Å². The van der Waals surface area contributed by atoms with E-state index in [2.05, 4.69) is 0 Å². The summed E-state index contributed by atoms with van der Waals surface area (Å²) < 4.78 is 32.2. The second kappa shape index (κ2) is 8.28. The molecule has 0 bridgehead atoms. The lowest BCUT2D eigenvalue weighted by atomic mass is 10.1. The van der Waals surface area contributed by atoms with E-state index in [0.29, 0.717) is 42.3 Å². The second-order valence-corrected chi connectivity index (χ2v) is 9.26. The van der Waals surface area contributed by atoms with Gasteiger partial charge in [0.1, 0.15) is 17.1 Å². The average molecular weight is 440 g/mol. The minimum Gasteiger partial charge on any atom is -0.494 e. The third-order valence-corrected chi connectivity index (χ3v) is 7.70. The highest BCUT2D eigenvalue weighted by atomic mass is 32.2. The predicted molar refractivity (Wildman–Crippen MR) is 120 cm³/mol. The molecule has 0 atom stereocenters. The highest BCUT2D eigenvalue weighted by Gasteiger charge is 2.29. The number of hydrogen-bond donors (Lipinski definition) is 0. The number of amides is 1. The molecular weight excluding hydrogens is 414 g/mol. The van der Waals surface area contributed by atoms with Gasteiger partial charge < -0.3 is 4.74 Å². The molecule has 31 heavy (non-hydrogen) atoms. The predicted octanol–water partition coefficient (Wildman–Crippen LogP) is 3.48. The lowest BCUT2D eigenvalue weighted by Crippen LogP contribution is -2.31. The number of fused-ring (bicyclic) bond motifs is 2. The third-order valence-electron chi connectivity index (χ3n) is 5.63. The van der Waals surface area contributed by atoms with E-state index in [1.807, 2.05) is 24.3 Å². The van der Waals surface area contributed by atoms with E-state index in [-0.39, 0.29) is 10.8 Å². The number of anilines is 1. The number of methoxy groups -OCH3 is 1. The summed E-state index contributed by atoms with van der Waals surface area (Å²) in [4.78, 5) is 19.8. The highest BCUT2D eigenvalue weighted by molar-refractivity contribution is 7.89. The fourth-order valence-electron chi connectivity index (χ4n) is 3.96. The molecular formula is C23H25N3O4S. The van der Waals surface area contributed by atoms with Crippen LogP contribution >= 0.6 is 0 Å². The van der Waals surface area contributed by atoms with E-state index >= 15 is 0 Å². The number of nitrogens with zero attached hydrogens (tertiary/aromatic N) is 3. The lowest BCUT2D eigenvalue weighted by molar-refractivity contribution is 0.0988. The maximum atomic E-state index is 13.2. The molecule has 0 radical (unpaired) electrons. The second-order valence-electron chi connectivity index (χ2n) is 7.32. The van der Waals surface area contributed by atoms with Crippen molar-refractivity contribution in [2.75, 3.05) is 31.6 Å². The van der Waals surface area contributed by atoms with Gasteiger partial charge in [0.05, 0.1) is 12.0 Å². The largest absolute Gasteiger partial charge is 0.494 e. The first-order valence-corrected chi connectivity index (χ1v) is 11.7. The van der Waals surface area contributed by atoms with Crippen LogP contribution < -0.4 is 9.64 Å². The Morgan fingerprint density at radius 3 is 2.48 bits per heavy atom. The van der Waals surface area contributed by atoms with Gasteiger partial charge in [-0.15, -0.1) is 0 Å². The van der Waals surface area contributed by atoms with E-state index in [0.717, 1.165) is 17.4 Å². The first-order chi connectivity index (χ1) is 14.9. The highest BCUT2D eigenvalue weighted by Crippen LogP contribution is 2.33. The summed E-state index contributed by atoms with van der Waals surface area (Å²) in [5.41, 5.74) is 2.15. The van der Waals surface area contributed by atoms with Crippen LogP contribution in [0.4, 0.5) is 5.82 Å². The van der Waals surface area contributed by atoms with Crippen LogP contribution in [0.3, 0.4) is 0 Å². The minimum atomic E-state index is -3.56. The van der Waals surface area contributed by atoms with E-state index in [1.165, 1.54) is 16.4 Å². The quantitative estimate of drug-likeness (QED) is 0.588. The van der Waals surface area contributed by atoms with Gasteiger partial charge in [0.2, 0.25) is 10.0 Å². The number of carbonyl (C=O) groups excluding carboxylic acids is 1. The smallest absolute Gasteiger partial charge is 0.259 e. The van der Waals surface area contributed by atoms with E-state index < -0.39 is 10.0 Å². The number of aromatic nitrogens is 1. The number of ether oxygens (including phenoxy) is 1. The summed E-state index contributed by atoms with van der Waals surface area (Å²) in [5, 5.41) is 0.971. The Morgan fingerprint density at radius 2 is 1.84 bits per heavy atom. The first kappa shape index (κ1) is 21.3. The Kier molecular flexibility index (Phi) is 5.68. The molecule has 0 fully saturated rings. The van der Waals surface area contributed by atoms with Gasteiger partial charge in [-0.25, -0.2) is 13.4 Å². The molecule has 2 aromatic carbocycles. The first-order valence-electron chi connectivity index (χ1n) is 10.3. The Morgan fingerprint density at radius 1 is 1.13 bits per heavy atom. The normalized spacial score (nSPS) is 13.6. The Bertz CT molecular complexity index is 1240. The van der Waals surface area contributed by atoms with Crippen LogP contribution in [0.1, 0.15) is 29.8 Å². The van der Waals surface area contributed by atoms with Crippen LogP contribution in [0, 0.1) is 0 Å². The SMILES string of the molecule is CCN(CC)S(=O)(=O)c1ccc(C(=O)N2CCc3cc4cccc(OC)c4nc32)cc1. The van der Waals surface area contributed by atoms with E-state index in [1.54, 1.807) is 38.0 Å². The van der Waals surface area contributed by atoms with Crippen LogP contribution in [0.2, 0.25) is 0 Å². The van der Waals surface area contributed by atoms with Crippen molar-refractivity contribution < 1.29 is 17.9 Å². The van der Waals surface area contributed by atoms with E-state index in [4.69, 9.17) is 9.72 Å². The van der Waals surface area contributed by atoms with Gasteiger partial charge in [-0.1, -0.05) is 26.0 Å². The van der Waals surface area contributed by atoms with Crippen molar-refractivity contribution >= 4 is 32.7 Å². The molecule has 0 unspecified atom stereocenters. The van der Waals surface area contributed by atoms with Crippen molar-refractivity contribution in [2.45, 2.75) is 25.2 Å². The van der Waals surface area contributed by atoms with Gasteiger partial charge in [-0.05, 0) is 48.4 Å². The molecule has 0 saturated heterocycles. The fourth-order valence-corrected chi connectivity index (χ4v) is 5.42. The molecule has 1 aliphatic rings. The number of sulfonamides is 1. The standard InChI is InChI=1S/C23H25N3O4S/c1-4-25(5-2)31(28,29)19-11-9-16(10-12-19)23(27)26-14-13-18-15-17-7-6-8-20(30-3)21(17)24-22(18)26/h6-12,15H,4-5,13-14H2,1-3H3. The molecule has 0 aliphatic carbocycles. The van der Waals surface area contributed by atoms with Gasteiger partial charge in [-0.2, -0.15) is 4.31 Å². The Hall–Kier alpha value is -2.97. The summed E-state index contributed by atoms with van der Waals surface area (Å²) in [7, 11) is -1.96. The molecule has 1 aromatic heterocycles. The van der Waals surface area contributed by atoms with Crippen LogP contribution in [0.25, 0.3) is 10.9 Å². The number of carbonyl (C=O) groups is 1. The summed E-state index contributed by atoms with van der Waals surface area (Å²) in [6.45, 7) is 4.92. The zero-order chi connectivity index (χ0) is 22.2. The van der Waals surface area contributed by atoms with Gasteiger partial charge in [-0.3, -0.25) is 9.69 Å². The molecule has 0 saturated carbocycles. The lowest BCUT2D eigenvalue weighted by Gasteiger charge is -2.19. The number of rotatable bonds is 6. The van der Waals surface area contributed by atoms with E-state index in [9.17, 15) is 13.2 Å². The summed E-state index contributed by atoms with van der Waals surface area (Å²) in [6, 6.07) is 13.9. The van der Waals surface area contributed by atoms with Crippen molar-refractivity contribution in [1.82, 2.24) is 9.29 Å². The maximum absolute atomic E-state index is 13.2. The molecule has 3 aromatic rings. The van der Waals surface area contributed by atoms with Gasteiger partial charge in [0, 0.05) is 30.6 Å². The molecule has 1 aliphatic heterocycles.